The third-order valence-electron chi connectivity index (χ3n) is 2.52. The van der Waals surface area contributed by atoms with E-state index in [1.165, 1.54) is 0 Å². The first kappa shape index (κ1) is 12.2. The van der Waals surface area contributed by atoms with Crippen LogP contribution < -0.4 is 4.74 Å². The monoisotopic (exact) mass is 249 g/mol. The Labute approximate surface area is 105 Å². The Bertz CT molecular complexity index is 516. The number of aliphatic hydroxyl groups is 1. The average molecular weight is 249 g/mol. The van der Waals surface area contributed by atoms with Crippen molar-refractivity contribution in [1.29, 1.82) is 0 Å². The Hall–Kier alpha value is -1.26. The van der Waals surface area contributed by atoms with Gasteiger partial charge in [-0.25, -0.2) is 4.98 Å². The zero-order chi connectivity index (χ0) is 12.3. The maximum Gasteiger partial charge on any atom is 0.126 e. The average Bonchev–Trinajstić information content (AvgIpc) is 2.38. The van der Waals surface area contributed by atoms with Crippen LogP contribution in [0, 0.1) is 0 Å². The summed E-state index contributed by atoms with van der Waals surface area (Å²) in [5.74, 6) is 0.850. The van der Waals surface area contributed by atoms with Gasteiger partial charge in [0.2, 0.25) is 0 Å². The van der Waals surface area contributed by atoms with Crippen LogP contribution >= 0.6 is 11.8 Å². The minimum absolute atomic E-state index is 0.138. The number of benzene rings is 1. The molecule has 3 nitrogen and oxygen atoms in total. The summed E-state index contributed by atoms with van der Waals surface area (Å²) in [6.07, 6.45) is 1.78. The van der Waals surface area contributed by atoms with Crippen molar-refractivity contribution in [3.8, 4) is 5.75 Å². The van der Waals surface area contributed by atoms with Gasteiger partial charge in [-0.05, 0) is 12.1 Å². The van der Waals surface area contributed by atoms with Crippen LogP contribution in [0.2, 0.25) is 0 Å². The molecule has 0 bridgehead atoms. The molecule has 0 saturated carbocycles. The lowest BCUT2D eigenvalue weighted by atomic mass is 10.1. The highest BCUT2D eigenvalue weighted by atomic mass is 32.2. The number of fused-ring (bicyclic) bond motifs is 1. The van der Waals surface area contributed by atoms with E-state index in [-0.39, 0.29) is 11.9 Å². The number of rotatable bonds is 4. The van der Waals surface area contributed by atoms with E-state index in [1.54, 1.807) is 25.1 Å². The lowest BCUT2D eigenvalue weighted by Crippen LogP contribution is -2.02. The van der Waals surface area contributed by atoms with Crippen molar-refractivity contribution in [1.82, 2.24) is 4.98 Å². The second-order valence-electron chi connectivity index (χ2n) is 3.78. The predicted molar refractivity (Wildman–Crippen MR) is 70.7 cm³/mol. The standard InChI is InChI=1S/C13H15NO2S/c1-9(8-15)17-13-11-4-3-5-12(16-2)10(11)6-7-14-13/h3-7,9,15H,8H2,1-2H3. The number of aliphatic hydroxyl groups excluding tert-OH is 1. The fourth-order valence-electron chi connectivity index (χ4n) is 1.65. The molecule has 0 radical (unpaired) electrons. The number of hydrogen-bond donors (Lipinski definition) is 1. The minimum Gasteiger partial charge on any atom is -0.496 e. The van der Waals surface area contributed by atoms with E-state index in [1.807, 2.05) is 31.2 Å². The molecule has 1 aromatic carbocycles. The molecule has 17 heavy (non-hydrogen) atoms. The van der Waals surface area contributed by atoms with Gasteiger partial charge in [-0.15, -0.1) is 11.8 Å². The summed E-state index contributed by atoms with van der Waals surface area (Å²) in [6.45, 7) is 2.12. The van der Waals surface area contributed by atoms with Crippen LogP contribution in [0.3, 0.4) is 0 Å². The summed E-state index contributed by atoms with van der Waals surface area (Å²) in [4.78, 5) is 4.37. The van der Waals surface area contributed by atoms with Gasteiger partial charge >= 0.3 is 0 Å². The maximum atomic E-state index is 9.10. The fraction of sp³-hybridized carbons (Fsp3) is 0.308. The van der Waals surface area contributed by atoms with Crippen molar-refractivity contribution in [2.75, 3.05) is 13.7 Å². The van der Waals surface area contributed by atoms with Crippen molar-refractivity contribution in [3.63, 3.8) is 0 Å². The topological polar surface area (TPSA) is 42.4 Å². The fourth-order valence-corrected chi connectivity index (χ4v) is 2.53. The normalized spacial score (nSPS) is 12.6. The number of aromatic nitrogens is 1. The van der Waals surface area contributed by atoms with Crippen LogP contribution in [-0.4, -0.2) is 29.1 Å². The van der Waals surface area contributed by atoms with Gasteiger partial charge in [0.25, 0.3) is 0 Å². The van der Waals surface area contributed by atoms with E-state index in [4.69, 9.17) is 9.84 Å². The van der Waals surface area contributed by atoms with Gasteiger partial charge in [-0.2, -0.15) is 0 Å². The molecule has 90 valence electrons. The first-order valence-electron chi connectivity index (χ1n) is 5.45. The molecule has 0 aliphatic heterocycles. The highest BCUT2D eigenvalue weighted by Crippen LogP contribution is 2.32. The molecule has 4 heteroatoms. The number of methoxy groups -OCH3 is 1. The van der Waals surface area contributed by atoms with Crippen molar-refractivity contribution in [2.45, 2.75) is 17.2 Å². The Kier molecular flexibility index (Phi) is 3.86. The molecule has 1 heterocycles. The van der Waals surface area contributed by atoms with Crippen LogP contribution in [0.5, 0.6) is 5.75 Å². The van der Waals surface area contributed by atoms with E-state index in [0.717, 1.165) is 21.5 Å². The smallest absolute Gasteiger partial charge is 0.126 e. The molecule has 1 N–H and O–H groups in total. The van der Waals surface area contributed by atoms with E-state index < -0.39 is 0 Å². The van der Waals surface area contributed by atoms with Crippen LogP contribution in [0.1, 0.15) is 6.92 Å². The van der Waals surface area contributed by atoms with Crippen LogP contribution in [0.4, 0.5) is 0 Å². The number of nitrogens with zero attached hydrogens (tertiary/aromatic N) is 1. The summed E-state index contributed by atoms with van der Waals surface area (Å²) >= 11 is 1.58. The second-order valence-corrected chi connectivity index (χ2v) is 5.21. The first-order chi connectivity index (χ1) is 8.26. The molecule has 2 aromatic rings. The summed E-state index contributed by atoms with van der Waals surface area (Å²) in [5.41, 5.74) is 0. The zero-order valence-corrected chi connectivity index (χ0v) is 10.7. The molecule has 0 saturated heterocycles. The maximum absolute atomic E-state index is 9.10. The molecular formula is C13H15NO2S. The number of pyridine rings is 1. The summed E-state index contributed by atoms with van der Waals surface area (Å²) < 4.78 is 5.33. The van der Waals surface area contributed by atoms with Gasteiger partial charge in [-0.3, -0.25) is 0 Å². The van der Waals surface area contributed by atoms with E-state index in [2.05, 4.69) is 4.98 Å². The van der Waals surface area contributed by atoms with Crippen LogP contribution in [0.15, 0.2) is 35.5 Å². The quantitative estimate of drug-likeness (QED) is 0.846. The second kappa shape index (κ2) is 5.38. The van der Waals surface area contributed by atoms with Crippen molar-refractivity contribution < 1.29 is 9.84 Å². The Morgan fingerprint density at radius 1 is 1.35 bits per heavy atom. The van der Waals surface area contributed by atoms with Gasteiger partial charge in [0.15, 0.2) is 0 Å². The number of thioether (sulfide) groups is 1. The van der Waals surface area contributed by atoms with Gasteiger partial charge in [0, 0.05) is 22.2 Å². The number of hydrogen-bond acceptors (Lipinski definition) is 4. The van der Waals surface area contributed by atoms with E-state index >= 15 is 0 Å². The highest BCUT2D eigenvalue weighted by Gasteiger charge is 2.09. The molecule has 0 spiro atoms. The van der Waals surface area contributed by atoms with Crippen molar-refractivity contribution in [2.24, 2.45) is 0 Å². The lowest BCUT2D eigenvalue weighted by Gasteiger charge is -2.11. The van der Waals surface area contributed by atoms with Gasteiger partial charge in [0.1, 0.15) is 10.8 Å². The van der Waals surface area contributed by atoms with E-state index in [9.17, 15) is 0 Å². The van der Waals surface area contributed by atoms with Crippen LogP contribution in [0.25, 0.3) is 10.8 Å². The molecule has 1 aromatic heterocycles. The molecule has 2 rings (SSSR count). The van der Waals surface area contributed by atoms with Gasteiger partial charge < -0.3 is 9.84 Å². The molecule has 0 aliphatic rings. The molecule has 1 atom stereocenters. The Morgan fingerprint density at radius 2 is 2.18 bits per heavy atom. The zero-order valence-electron chi connectivity index (χ0n) is 9.88. The summed E-state index contributed by atoms with van der Waals surface area (Å²) in [5, 5.41) is 12.3. The highest BCUT2D eigenvalue weighted by molar-refractivity contribution is 8.00. The third-order valence-corrected chi connectivity index (χ3v) is 3.62. The van der Waals surface area contributed by atoms with Gasteiger partial charge in [0.05, 0.1) is 13.7 Å². The largest absolute Gasteiger partial charge is 0.496 e. The molecular weight excluding hydrogens is 234 g/mol. The molecule has 0 amide bonds. The number of ether oxygens (including phenoxy) is 1. The van der Waals surface area contributed by atoms with E-state index in [0.29, 0.717) is 0 Å². The molecule has 0 aliphatic carbocycles. The predicted octanol–water partition coefficient (Wildman–Crippen LogP) is 2.72. The molecule has 1 unspecified atom stereocenters. The minimum atomic E-state index is 0.138. The third kappa shape index (κ3) is 2.53. The lowest BCUT2D eigenvalue weighted by molar-refractivity contribution is 0.300. The van der Waals surface area contributed by atoms with Crippen molar-refractivity contribution >= 4 is 22.5 Å². The Morgan fingerprint density at radius 3 is 2.88 bits per heavy atom. The Balaban J connectivity index is 2.50. The van der Waals surface area contributed by atoms with Crippen LogP contribution in [-0.2, 0) is 0 Å². The summed E-state index contributed by atoms with van der Waals surface area (Å²) in [6, 6.07) is 7.86. The summed E-state index contributed by atoms with van der Waals surface area (Å²) in [7, 11) is 1.67. The van der Waals surface area contributed by atoms with Gasteiger partial charge in [-0.1, -0.05) is 19.1 Å². The van der Waals surface area contributed by atoms with Crippen molar-refractivity contribution in [3.05, 3.63) is 30.5 Å². The SMILES string of the molecule is COc1cccc2c(SC(C)CO)nccc12. The first-order valence-corrected chi connectivity index (χ1v) is 6.33. The molecule has 0 fully saturated rings.